The van der Waals surface area contributed by atoms with Crippen molar-refractivity contribution < 1.29 is 5.11 Å². The van der Waals surface area contributed by atoms with Gasteiger partial charge in [0.1, 0.15) is 0 Å². The second kappa shape index (κ2) is 3.27. The van der Waals surface area contributed by atoms with Gasteiger partial charge in [-0.05, 0) is 58.0 Å². The molecule has 4 heteroatoms. The van der Waals surface area contributed by atoms with E-state index in [2.05, 4.69) is 50.1 Å². The number of hydrogen-bond donors (Lipinski definition) is 1. The molecule has 2 fully saturated rings. The van der Waals surface area contributed by atoms with Crippen LogP contribution in [0.1, 0.15) is 19.3 Å². The number of aliphatic hydroxyl groups is 1. The molecule has 0 aliphatic carbocycles. The number of rotatable bonds is 0. The van der Waals surface area contributed by atoms with Crippen LogP contribution in [0.3, 0.4) is 0 Å². The van der Waals surface area contributed by atoms with Gasteiger partial charge in [-0.15, -0.1) is 0 Å². The summed E-state index contributed by atoms with van der Waals surface area (Å²) in [6.45, 7) is 1.99. The largest absolute Gasteiger partial charge is 0.388 e. The van der Waals surface area contributed by atoms with Gasteiger partial charge >= 0.3 is 0 Å². The molecule has 2 heterocycles. The van der Waals surface area contributed by atoms with Gasteiger partial charge in [-0.2, -0.15) is 0 Å². The van der Waals surface area contributed by atoms with Gasteiger partial charge in [-0.25, -0.2) is 0 Å². The molecule has 68 valence electrons. The van der Waals surface area contributed by atoms with E-state index >= 15 is 0 Å². The molecule has 1 N–H and O–H groups in total. The Bertz CT molecular complexity index is 237. The summed E-state index contributed by atoms with van der Waals surface area (Å²) in [5.74, 6) is 0. The van der Waals surface area contributed by atoms with Crippen molar-refractivity contribution in [1.29, 1.82) is 0 Å². The van der Waals surface area contributed by atoms with Gasteiger partial charge in [0.15, 0.2) is 0 Å². The van der Waals surface area contributed by atoms with Crippen LogP contribution in [-0.2, 0) is 0 Å². The topological polar surface area (TPSA) is 23.5 Å². The molecular formula is C8H11I2NO. The summed E-state index contributed by atoms with van der Waals surface area (Å²) in [6.07, 6.45) is 2.99. The third-order valence-electron chi connectivity index (χ3n) is 2.65. The summed E-state index contributed by atoms with van der Waals surface area (Å²) in [5, 5.41) is 10.1. The van der Waals surface area contributed by atoms with E-state index in [9.17, 15) is 5.11 Å². The second-order valence-corrected chi connectivity index (χ2v) is 7.85. The van der Waals surface area contributed by atoms with E-state index in [-0.39, 0.29) is 0 Å². The highest BCUT2D eigenvalue weighted by Crippen LogP contribution is 2.41. The van der Waals surface area contributed by atoms with Crippen LogP contribution < -0.4 is 0 Å². The van der Waals surface area contributed by atoms with Gasteiger partial charge in [0.25, 0.3) is 0 Å². The molecule has 1 unspecified atom stereocenters. The van der Waals surface area contributed by atoms with Crippen molar-refractivity contribution in [2.75, 3.05) is 13.1 Å². The zero-order chi connectivity index (χ0) is 8.77. The van der Waals surface area contributed by atoms with Gasteiger partial charge in [-0.1, -0.05) is 0 Å². The first-order valence-electron chi connectivity index (χ1n) is 4.12. The van der Waals surface area contributed by atoms with Crippen LogP contribution in [0.5, 0.6) is 0 Å². The van der Waals surface area contributed by atoms with Crippen molar-refractivity contribution >= 4 is 45.2 Å². The number of fused-ring (bicyclic) bond motifs is 2. The molecule has 0 aromatic carbocycles. The van der Waals surface area contributed by atoms with E-state index in [4.69, 9.17) is 0 Å². The van der Waals surface area contributed by atoms with Gasteiger partial charge < -0.3 is 10.0 Å². The smallest absolute Gasteiger partial charge is 0.0877 e. The zero-order valence-electron chi connectivity index (χ0n) is 6.69. The number of nitrogens with zero attached hydrogens (tertiary/aromatic N) is 1. The maximum absolute atomic E-state index is 10.1. The summed E-state index contributed by atoms with van der Waals surface area (Å²) in [7, 11) is 0. The lowest BCUT2D eigenvalue weighted by Crippen LogP contribution is -2.38. The molecule has 0 aromatic heterocycles. The Hall–Kier alpha value is 0.960. The third-order valence-corrected chi connectivity index (χ3v) is 3.90. The first-order valence-corrected chi connectivity index (χ1v) is 6.28. The van der Waals surface area contributed by atoms with E-state index in [0.29, 0.717) is 0 Å². The zero-order valence-corrected chi connectivity index (χ0v) is 11.0. The first-order chi connectivity index (χ1) is 5.61. The molecule has 2 rings (SSSR count). The van der Waals surface area contributed by atoms with Crippen LogP contribution in [-0.4, -0.2) is 28.7 Å². The monoisotopic (exact) mass is 391 g/mol. The van der Waals surface area contributed by atoms with Crippen molar-refractivity contribution in [3.63, 3.8) is 0 Å². The summed E-state index contributed by atoms with van der Waals surface area (Å²) in [4.78, 5) is 2.33. The van der Waals surface area contributed by atoms with Crippen LogP contribution in [0, 0.1) is 0 Å². The Morgan fingerprint density at radius 3 is 2.83 bits per heavy atom. The first kappa shape index (κ1) is 9.51. The molecule has 12 heavy (non-hydrogen) atoms. The van der Waals surface area contributed by atoms with Crippen molar-refractivity contribution in [1.82, 2.24) is 4.90 Å². The lowest BCUT2D eigenvalue weighted by molar-refractivity contribution is 0.0206. The molecule has 2 nitrogen and oxygen atoms in total. The predicted octanol–water partition coefficient (Wildman–Crippen LogP) is 2.26. The second-order valence-electron chi connectivity index (χ2n) is 3.63. The highest BCUT2D eigenvalue weighted by atomic mass is 127. The van der Waals surface area contributed by atoms with Crippen LogP contribution in [0.25, 0.3) is 0 Å². The Kier molecular flexibility index (Phi) is 2.59. The number of hydrogen-bond acceptors (Lipinski definition) is 2. The molecule has 0 saturated carbocycles. The Morgan fingerprint density at radius 1 is 1.50 bits per heavy atom. The summed E-state index contributed by atoms with van der Waals surface area (Å²) >= 11 is 4.68. The van der Waals surface area contributed by atoms with Gasteiger partial charge in [0.05, 0.1) is 7.19 Å². The standard InChI is InChI=1S/C8H11I2NO/c9-7(10)6-4-8(12)2-1-3-11(6)5-8/h12H,1-5H2. The summed E-state index contributed by atoms with van der Waals surface area (Å²) < 4.78 is 1.31. The van der Waals surface area contributed by atoms with E-state index in [0.717, 1.165) is 32.4 Å². The fourth-order valence-electron chi connectivity index (χ4n) is 2.10. The van der Waals surface area contributed by atoms with E-state index < -0.39 is 5.60 Å². The fraction of sp³-hybridized carbons (Fsp3) is 0.750. The molecular weight excluding hydrogens is 380 g/mol. The minimum Gasteiger partial charge on any atom is -0.388 e. The molecule has 2 aliphatic rings. The maximum atomic E-state index is 10.1. The molecule has 0 aromatic rings. The molecule has 0 radical (unpaired) electrons. The van der Waals surface area contributed by atoms with Crippen molar-refractivity contribution in [3.8, 4) is 0 Å². The Balaban J connectivity index is 2.29. The minimum atomic E-state index is -0.394. The lowest BCUT2D eigenvalue weighted by atomic mass is 9.95. The van der Waals surface area contributed by atoms with Crippen LogP contribution >= 0.6 is 45.2 Å². The highest BCUT2D eigenvalue weighted by Gasteiger charge is 2.42. The fourth-order valence-corrected chi connectivity index (χ4v) is 3.16. The van der Waals surface area contributed by atoms with Gasteiger partial charge in [-0.3, -0.25) is 0 Å². The molecule has 2 aliphatic heterocycles. The molecule has 0 amide bonds. The average molecular weight is 391 g/mol. The molecule has 2 bridgehead atoms. The quantitative estimate of drug-likeness (QED) is 0.641. The van der Waals surface area contributed by atoms with Gasteiger partial charge in [0.2, 0.25) is 0 Å². The third kappa shape index (κ3) is 1.61. The van der Waals surface area contributed by atoms with Crippen molar-refractivity contribution in [2.45, 2.75) is 24.9 Å². The molecule has 1 atom stereocenters. The molecule has 2 saturated heterocycles. The van der Waals surface area contributed by atoms with Crippen LogP contribution in [0.4, 0.5) is 0 Å². The van der Waals surface area contributed by atoms with E-state index in [1.807, 2.05) is 0 Å². The van der Waals surface area contributed by atoms with E-state index in [1.54, 1.807) is 0 Å². The van der Waals surface area contributed by atoms with E-state index in [1.165, 1.54) is 7.28 Å². The highest BCUT2D eigenvalue weighted by molar-refractivity contribution is 14.2. The number of piperidine rings is 1. The summed E-state index contributed by atoms with van der Waals surface area (Å²) in [6, 6.07) is 0. The lowest BCUT2D eigenvalue weighted by Gasteiger charge is -2.29. The average Bonchev–Trinajstić information content (AvgIpc) is 2.22. The normalized spacial score (nSPS) is 34.2. The van der Waals surface area contributed by atoms with Crippen LogP contribution in [0.2, 0.25) is 0 Å². The minimum absolute atomic E-state index is 0.394. The maximum Gasteiger partial charge on any atom is 0.0877 e. The van der Waals surface area contributed by atoms with Crippen LogP contribution in [0.15, 0.2) is 7.28 Å². The Labute approximate surface area is 99.7 Å². The number of halogens is 2. The predicted molar refractivity (Wildman–Crippen MR) is 65.4 cm³/mol. The van der Waals surface area contributed by atoms with Crippen molar-refractivity contribution in [3.05, 3.63) is 7.28 Å². The SMILES string of the molecule is OC12CCCN(C1)C(=C(I)I)C2. The van der Waals surface area contributed by atoms with Crippen molar-refractivity contribution in [2.24, 2.45) is 0 Å². The summed E-state index contributed by atoms with van der Waals surface area (Å²) in [5.41, 5.74) is 0.964. The molecule has 0 spiro atoms. The Morgan fingerprint density at radius 2 is 2.25 bits per heavy atom. The van der Waals surface area contributed by atoms with Gasteiger partial charge in [0, 0.05) is 25.2 Å².